The van der Waals surface area contributed by atoms with Crippen molar-refractivity contribution in [3.63, 3.8) is 0 Å². The van der Waals surface area contributed by atoms with Crippen LogP contribution in [0.2, 0.25) is 0 Å². The van der Waals surface area contributed by atoms with Crippen molar-refractivity contribution in [1.82, 2.24) is 0 Å². The van der Waals surface area contributed by atoms with Gasteiger partial charge in [-0.05, 0) is 19.1 Å². The van der Waals surface area contributed by atoms with Gasteiger partial charge in [-0.15, -0.1) is 0 Å². The Morgan fingerprint density at radius 3 is 2.63 bits per heavy atom. The summed E-state index contributed by atoms with van der Waals surface area (Å²) in [4.78, 5) is 22.1. The van der Waals surface area contributed by atoms with E-state index in [0.717, 1.165) is 6.07 Å². The lowest BCUT2D eigenvalue weighted by atomic mass is 10.0. The van der Waals surface area contributed by atoms with E-state index >= 15 is 0 Å². The van der Waals surface area contributed by atoms with E-state index in [4.69, 9.17) is 11.0 Å². The van der Waals surface area contributed by atoms with Gasteiger partial charge in [-0.1, -0.05) is 6.92 Å². The molecule has 0 aliphatic rings. The Morgan fingerprint density at radius 2 is 2.16 bits per heavy atom. The number of nitrogens with one attached hydrogen (secondary N) is 1. The van der Waals surface area contributed by atoms with Crippen LogP contribution in [0.1, 0.15) is 19.4 Å². The average molecular weight is 262 g/mol. The Hall–Kier alpha value is -2.46. The second-order valence-corrected chi connectivity index (χ2v) is 4.24. The summed E-state index contributed by atoms with van der Waals surface area (Å²) in [6, 6.07) is 5.30. The number of anilines is 1. The first-order chi connectivity index (χ1) is 8.86. The summed E-state index contributed by atoms with van der Waals surface area (Å²) in [5.74, 6) is -0.877. The molecule has 0 bridgehead atoms. The third kappa shape index (κ3) is 3.50. The van der Waals surface area contributed by atoms with Crippen LogP contribution in [-0.2, 0) is 4.79 Å². The fraction of sp³-hybridized carbons (Fsp3) is 0.333. The van der Waals surface area contributed by atoms with Gasteiger partial charge < -0.3 is 11.1 Å². The van der Waals surface area contributed by atoms with Gasteiger partial charge in [0, 0.05) is 12.1 Å². The largest absolute Gasteiger partial charge is 0.327 e. The molecule has 19 heavy (non-hydrogen) atoms. The number of hydrogen-bond acceptors (Lipinski definition) is 5. The monoisotopic (exact) mass is 262 g/mol. The standard InChI is InChI=1S/C12H14N4O3/c1-7(8(2)14)12(17)15-10-4-3-9(6-13)5-11(10)16(18)19/h3-5,7-8H,14H2,1-2H3,(H,15,17). The molecule has 0 fully saturated rings. The Balaban J connectivity index is 3.05. The normalized spacial score (nSPS) is 13.2. The first-order valence-corrected chi connectivity index (χ1v) is 5.61. The molecule has 0 heterocycles. The number of carbonyl (C=O) groups is 1. The summed E-state index contributed by atoms with van der Waals surface area (Å²) < 4.78 is 0. The third-order valence-electron chi connectivity index (χ3n) is 2.78. The Kier molecular flexibility index (Phi) is 4.56. The van der Waals surface area contributed by atoms with Crippen molar-refractivity contribution in [3.05, 3.63) is 33.9 Å². The van der Waals surface area contributed by atoms with Crippen molar-refractivity contribution in [1.29, 1.82) is 5.26 Å². The van der Waals surface area contributed by atoms with Gasteiger partial charge in [-0.2, -0.15) is 5.26 Å². The van der Waals surface area contributed by atoms with Crippen molar-refractivity contribution in [2.24, 2.45) is 11.7 Å². The van der Waals surface area contributed by atoms with Crippen molar-refractivity contribution in [3.8, 4) is 6.07 Å². The quantitative estimate of drug-likeness (QED) is 0.627. The molecule has 2 atom stereocenters. The highest BCUT2D eigenvalue weighted by Crippen LogP contribution is 2.25. The number of hydrogen-bond donors (Lipinski definition) is 2. The predicted octanol–water partition coefficient (Wildman–Crippen LogP) is 1.39. The number of nitriles is 1. The third-order valence-corrected chi connectivity index (χ3v) is 2.78. The molecule has 2 unspecified atom stereocenters. The number of nitro benzene ring substituents is 1. The average Bonchev–Trinajstić information content (AvgIpc) is 2.37. The van der Waals surface area contributed by atoms with Gasteiger partial charge in [0.15, 0.2) is 0 Å². The highest BCUT2D eigenvalue weighted by atomic mass is 16.6. The summed E-state index contributed by atoms with van der Waals surface area (Å²) in [6.45, 7) is 3.31. The second kappa shape index (κ2) is 5.93. The van der Waals surface area contributed by atoms with Crippen LogP contribution in [0.4, 0.5) is 11.4 Å². The number of nitrogens with zero attached hydrogens (tertiary/aromatic N) is 2. The van der Waals surface area contributed by atoms with Crippen LogP contribution in [0, 0.1) is 27.4 Å². The molecule has 1 rings (SSSR count). The van der Waals surface area contributed by atoms with Gasteiger partial charge in [-0.3, -0.25) is 14.9 Å². The van der Waals surface area contributed by atoms with Gasteiger partial charge >= 0.3 is 0 Å². The van der Waals surface area contributed by atoms with Gasteiger partial charge in [-0.25, -0.2) is 0 Å². The molecule has 0 saturated heterocycles. The Bertz CT molecular complexity index is 548. The topological polar surface area (TPSA) is 122 Å². The summed E-state index contributed by atoms with van der Waals surface area (Å²) >= 11 is 0. The van der Waals surface area contributed by atoms with Crippen LogP contribution in [-0.4, -0.2) is 16.9 Å². The lowest BCUT2D eigenvalue weighted by Crippen LogP contribution is -2.34. The van der Waals surface area contributed by atoms with Crippen molar-refractivity contribution in [2.75, 3.05) is 5.32 Å². The van der Waals surface area contributed by atoms with Crippen LogP contribution in [0.25, 0.3) is 0 Å². The van der Waals surface area contributed by atoms with E-state index in [-0.39, 0.29) is 23.0 Å². The second-order valence-electron chi connectivity index (χ2n) is 4.24. The molecule has 0 aliphatic carbocycles. The summed E-state index contributed by atoms with van der Waals surface area (Å²) in [5.41, 5.74) is 5.50. The Labute approximate surface area is 110 Å². The van der Waals surface area contributed by atoms with Crippen LogP contribution >= 0.6 is 0 Å². The predicted molar refractivity (Wildman–Crippen MR) is 69.3 cm³/mol. The van der Waals surface area contributed by atoms with Crippen molar-refractivity contribution >= 4 is 17.3 Å². The zero-order valence-electron chi connectivity index (χ0n) is 10.6. The smallest absolute Gasteiger partial charge is 0.294 e. The van der Waals surface area contributed by atoms with Crippen LogP contribution in [0.3, 0.4) is 0 Å². The van der Waals surface area contributed by atoms with E-state index in [1.807, 2.05) is 0 Å². The van der Waals surface area contributed by atoms with Gasteiger partial charge in [0.2, 0.25) is 5.91 Å². The first-order valence-electron chi connectivity index (χ1n) is 5.61. The van der Waals surface area contributed by atoms with E-state index in [9.17, 15) is 14.9 Å². The molecule has 0 aromatic heterocycles. The van der Waals surface area contributed by atoms with E-state index in [1.54, 1.807) is 19.9 Å². The van der Waals surface area contributed by atoms with Crippen LogP contribution in [0.15, 0.2) is 18.2 Å². The highest BCUT2D eigenvalue weighted by molar-refractivity contribution is 5.95. The summed E-state index contributed by atoms with van der Waals surface area (Å²) in [5, 5.41) is 22.1. The molecule has 0 spiro atoms. The molecule has 0 aliphatic heterocycles. The zero-order chi connectivity index (χ0) is 14.6. The maximum absolute atomic E-state index is 11.8. The van der Waals surface area contributed by atoms with Gasteiger partial charge in [0.25, 0.3) is 5.69 Å². The summed E-state index contributed by atoms with van der Waals surface area (Å²) in [7, 11) is 0. The molecule has 1 amide bonds. The maximum atomic E-state index is 11.8. The van der Waals surface area contributed by atoms with Gasteiger partial charge in [0.1, 0.15) is 5.69 Å². The minimum absolute atomic E-state index is 0.0569. The molecule has 3 N–H and O–H groups in total. The maximum Gasteiger partial charge on any atom is 0.294 e. The Morgan fingerprint density at radius 1 is 1.53 bits per heavy atom. The van der Waals surface area contributed by atoms with Gasteiger partial charge in [0.05, 0.1) is 22.5 Å². The molecule has 100 valence electrons. The van der Waals surface area contributed by atoms with Crippen LogP contribution < -0.4 is 11.1 Å². The fourth-order valence-corrected chi connectivity index (χ4v) is 1.34. The highest BCUT2D eigenvalue weighted by Gasteiger charge is 2.21. The first kappa shape index (κ1) is 14.6. The van der Waals surface area contributed by atoms with E-state index in [2.05, 4.69) is 5.32 Å². The number of nitrogens with two attached hydrogens (primary N) is 1. The lowest BCUT2D eigenvalue weighted by Gasteiger charge is -2.15. The molecule has 1 aromatic carbocycles. The molecule has 1 aromatic rings. The number of nitro groups is 1. The van der Waals surface area contributed by atoms with E-state index in [0.29, 0.717) is 0 Å². The molecule has 7 heteroatoms. The van der Waals surface area contributed by atoms with Crippen molar-refractivity contribution in [2.45, 2.75) is 19.9 Å². The summed E-state index contributed by atoms with van der Waals surface area (Å²) in [6.07, 6.45) is 0. The SMILES string of the molecule is CC(N)C(C)C(=O)Nc1ccc(C#N)cc1[N+](=O)[O-]. The molecular formula is C12H14N4O3. The molecule has 0 radical (unpaired) electrons. The number of benzene rings is 1. The number of carbonyl (C=O) groups excluding carboxylic acids is 1. The van der Waals surface area contributed by atoms with E-state index < -0.39 is 16.7 Å². The molecular weight excluding hydrogens is 248 g/mol. The zero-order valence-corrected chi connectivity index (χ0v) is 10.6. The fourth-order valence-electron chi connectivity index (χ4n) is 1.34. The van der Waals surface area contributed by atoms with E-state index in [1.165, 1.54) is 12.1 Å². The minimum atomic E-state index is -0.646. The van der Waals surface area contributed by atoms with Crippen molar-refractivity contribution < 1.29 is 9.72 Å². The lowest BCUT2D eigenvalue weighted by molar-refractivity contribution is -0.384. The minimum Gasteiger partial charge on any atom is -0.327 e. The van der Waals surface area contributed by atoms with Crippen LogP contribution in [0.5, 0.6) is 0 Å². The molecule has 7 nitrogen and oxygen atoms in total. The number of amides is 1. The molecule has 0 saturated carbocycles. The number of rotatable bonds is 4.